The van der Waals surface area contributed by atoms with E-state index < -0.39 is 0 Å². The summed E-state index contributed by atoms with van der Waals surface area (Å²) in [4.78, 5) is 23.2. The molecule has 3 aromatic carbocycles. The number of nitrogens with zero attached hydrogens (tertiary/aromatic N) is 2. The van der Waals surface area contributed by atoms with E-state index in [0.29, 0.717) is 22.1 Å². The summed E-state index contributed by atoms with van der Waals surface area (Å²) < 4.78 is 5.41. The number of hydrogen-bond acceptors (Lipinski definition) is 4. The quantitative estimate of drug-likeness (QED) is 0.385. The van der Waals surface area contributed by atoms with Gasteiger partial charge in [0.25, 0.3) is 5.91 Å². The van der Waals surface area contributed by atoms with Crippen LogP contribution in [0.2, 0.25) is 5.02 Å². The maximum absolute atomic E-state index is 12.9. The average molecular weight is 473 g/mol. The van der Waals surface area contributed by atoms with Crippen LogP contribution >= 0.6 is 11.6 Å². The van der Waals surface area contributed by atoms with Crippen molar-refractivity contribution < 1.29 is 9.53 Å². The number of imidazole rings is 1. The standard InChI is InChI=1S/C27H25ClN4O2/c1-18-25(19-5-3-2-4-6-19)31-26(29-18)23-17-21(9-12-24(23)28)30-27(33)20-7-10-22(11-8-20)32-13-15-34-16-14-32/h2-12,17H,13-16H2,1H3,(H,29,31)(H,30,33). The number of hydrogen-bond donors (Lipinski definition) is 2. The minimum absolute atomic E-state index is 0.178. The van der Waals surface area contributed by atoms with Crippen molar-refractivity contribution in [3.63, 3.8) is 0 Å². The van der Waals surface area contributed by atoms with Crippen LogP contribution in [-0.2, 0) is 4.74 Å². The third-order valence-corrected chi connectivity index (χ3v) is 6.25. The molecule has 1 saturated heterocycles. The van der Waals surface area contributed by atoms with E-state index in [1.807, 2.05) is 67.6 Å². The number of amides is 1. The van der Waals surface area contributed by atoms with Crippen molar-refractivity contribution in [2.24, 2.45) is 0 Å². The van der Waals surface area contributed by atoms with Gasteiger partial charge < -0.3 is 19.9 Å². The normalized spacial score (nSPS) is 13.6. The molecule has 2 heterocycles. The molecule has 7 heteroatoms. The highest BCUT2D eigenvalue weighted by Crippen LogP contribution is 2.32. The van der Waals surface area contributed by atoms with Gasteiger partial charge in [-0.15, -0.1) is 0 Å². The summed E-state index contributed by atoms with van der Waals surface area (Å²) in [5.74, 6) is 0.481. The molecular formula is C27H25ClN4O2. The molecule has 5 rings (SSSR count). The Balaban J connectivity index is 1.35. The second-order valence-electron chi connectivity index (χ2n) is 8.22. The third kappa shape index (κ3) is 4.69. The lowest BCUT2D eigenvalue weighted by Gasteiger charge is -2.28. The van der Waals surface area contributed by atoms with Crippen LogP contribution in [0, 0.1) is 6.92 Å². The van der Waals surface area contributed by atoms with Crippen LogP contribution in [0.25, 0.3) is 22.6 Å². The molecule has 1 fully saturated rings. The number of rotatable bonds is 5. The zero-order valence-corrected chi connectivity index (χ0v) is 19.6. The van der Waals surface area contributed by atoms with Crippen LogP contribution < -0.4 is 10.2 Å². The number of halogens is 1. The fraction of sp³-hybridized carbons (Fsp3) is 0.185. The van der Waals surface area contributed by atoms with Gasteiger partial charge in [-0.05, 0) is 49.4 Å². The second kappa shape index (κ2) is 9.71. The lowest BCUT2D eigenvalue weighted by molar-refractivity contribution is 0.102. The van der Waals surface area contributed by atoms with Gasteiger partial charge in [0.15, 0.2) is 0 Å². The lowest BCUT2D eigenvalue weighted by Crippen LogP contribution is -2.36. The number of carbonyl (C=O) groups excluding carboxylic acids is 1. The van der Waals surface area contributed by atoms with E-state index in [2.05, 4.69) is 15.2 Å². The average Bonchev–Trinajstić information content (AvgIpc) is 3.27. The van der Waals surface area contributed by atoms with Crippen molar-refractivity contribution in [1.82, 2.24) is 9.97 Å². The maximum atomic E-state index is 12.9. The van der Waals surface area contributed by atoms with Gasteiger partial charge in [-0.3, -0.25) is 4.79 Å². The Bertz CT molecular complexity index is 1300. The molecule has 1 aliphatic rings. The van der Waals surface area contributed by atoms with Gasteiger partial charge in [-0.1, -0.05) is 41.9 Å². The number of anilines is 2. The molecule has 4 aromatic rings. The Kier molecular flexibility index (Phi) is 6.34. The molecule has 172 valence electrons. The molecule has 0 bridgehead atoms. The molecule has 0 spiro atoms. The Hall–Kier alpha value is -3.61. The Labute approximate surface area is 203 Å². The number of aromatic amines is 1. The zero-order valence-electron chi connectivity index (χ0n) is 18.8. The molecule has 1 aromatic heterocycles. The van der Waals surface area contributed by atoms with Crippen molar-refractivity contribution in [3.05, 3.63) is 89.1 Å². The lowest BCUT2D eigenvalue weighted by atomic mass is 10.1. The van der Waals surface area contributed by atoms with Crippen molar-refractivity contribution in [2.75, 3.05) is 36.5 Å². The Morgan fingerprint density at radius 2 is 1.76 bits per heavy atom. The number of benzene rings is 3. The van der Waals surface area contributed by atoms with Gasteiger partial charge in [0.05, 0.1) is 23.9 Å². The second-order valence-corrected chi connectivity index (χ2v) is 8.63. The summed E-state index contributed by atoms with van der Waals surface area (Å²) >= 11 is 6.50. The predicted octanol–water partition coefficient (Wildman–Crippen LogP) is 5.79. The first-order valence-electron chi connectivity index (χ1n) is 11.2. The highest BCUT2D eigenvalue weighted by Gasteiger charge is 2.15. The largest absolute Gasteiger partial charge is 0.378 e. The molecule has 0 radical (unpaired) electrons. The summed E-state index contributed by atoms with van der Waals surface area (Å²) in [5, 5.41) is 3.53. The third-order valence-electron chi connectivity index (χ3n) is 5.92. The zero-order chi connectivity index (χ0) is 23.5. The van der Waals surface area contributed by atoms with E-state index in [-0.39, 0.29) is 5.91 Å². The molecule has 1 aliphatic heterocycles. The van der Waals surface area contributed by atoms with Gasteiger partial charge >= 0.3 is 0 Å². The predicted molar refractivity (Wildman–Crippen MR) is 137 cm³/mol. The maximum Gasteiger partial charge on any atom is 0.255 e. The molecule has 0 unspecified atom stereocenters. The first-order chi connectivity index (χ1) is 16.6. The van der Waals surface area contributed by atoms with Crippen LogP contribution in [0.1, 0.15) is 16.1 Å². The number of H-pyrrole nitrogens is 1. The number of aromatic nitrogens is 2. The van der Waals surface area contributed by atoms with Gasteiger partial charge in [0.1, 0.15) is 5.82 Å². The number of ether oxygens (including phenoxy) is 1. The fourth-order valence-corrected chi connectivity index (χ4v) is 4.31. The van der Waals surface area contributed by atoms with Crippen LogP contribution in [0.4, 0.5) is 11.4 Å². The molecule has 2 N–H and O–H groups in total. The first kappa shape index (κ1) is 22.2. The first-order valence-corrected chi connectivity index (χ1v) is 11.6. The van der Waals surface area contributed by atoms with Gasteiger partial charge in [-0.2, -0.15) is 0 Å². The summed E-state index contributed by atoms with van der Waals surface area (Å²) in [7, 11) is 0. The molecule has 6 nitrogen and oxygen atoms in total. The summed E-state index contributed by atoms with van der Waals surface area (Å²) in [6.07, 6.45) is 0. The Morgan fingerprint density at radius 3 is 2.50 bits per heavy atom. The van der Waals surface area contributed by atoms with E-state index >= 15 is 0 Å². The van der Waals surface area contributed by atoms with Crippen LogP contribution in [0.15, 0.2) is 72.8 Å². The van der Waals surface area contributed by atoms with Crippen molar-refractivity contribution in [3.8, 4) is 22.6 Å². The molecule has 0 saturated carbocycles. The van der Waals surface area contributed by atoms with Crippen molar-refractivity contribution in [2.45, 2.75) is 6.92 Å². The van der Waals surface area contributed by atoms with E-state index in [4.69, 9.17) is 21.3 Å². The fourth-order valence-electron chi connectivity index (χ4n) is 4.10. The van der Waals surface area contributed by atoms with E-state index in [9.17, 15) is 4.79 Å². The SMILES string of the molecule is Cc1[nH]c(-c2cc(NC(=O)c3ccc(N4CCOCC4)cc3)ccc2Cl)nc1-c1ccccc1. The summed E-state index contributed by atoms with van der Waals surface area (Å²) in [6.45, 7) is 5.15. The van der Waals surface area contributed by atoms with E-state index in [1.54, 1.807) is 12.1 Å². The van der Waals surface area contributed by atoms with E-state index in [0.717, 1.165) is 54.5 Å². The van der Waals surface area contributed by atoms with Crippen LogP contribution in [-0.4, -0.2) is 42.2 Å². The monoisotopic (exact) mass is 472 g/mol. The van der Waals surface area contributed by atoms with Gasteiger partial charge in [-0.25, -0.2) is 4.98 Å². The minimum Gasteiger partial charge on any atom is -0.378 e. The molecular weight excluding hydrogens is 448 g/mol. The molecule has 1 amide bonds. The van der Waals surface area contributed by atoms with Gasteiger partial charge in [0, 0.05) is 46.8 Å². The molecule has 0 atom stereocenters. The van der Waals surface area contributed by atoms with E-state index in [1.165, 1.54) is 0 Å². The summed E-state index contributed by atoms with van der Waals surface area (Å²) in [6, 6.07) is 23.0. The smallest absolute Gasteiger partial charge is 0.255 e. The molecule has 0 aliphatic carbocycles. The van der Waals surface area contributed by atoms with Gasteiger partial charge in [0.2, 0.25) is 0 Å². The Morgan fingerprint density at radius 1 is 1.03 bits per heavy atom. The number of aryl methyl sites for hydroxylation is 1. The number of nitrogens with one attached hydrogen (secondary N) is 2. The topological polar surface area (TPSA) is 70.2 Å². The highest BCUT2D eigenvalue weighted by atomic mass is 35.5. The van der Waals surface area contributed by atoms with Crippen molar-refractivity contribution in [1.29, 1.82) is 0 Å². The molecule has 34 heavy (non-hydrogen) atoms. The number of carbonyl (C=O) groups is 1. The van der Waals surface area contributed by atoms with Crippen molar-refractivity contribution >= 4 is 28.9 Å². The summed E-state index contributed by atoms with van der Waals surface area (Å²) in [5.41, 5.74) is 5.92. The minimum atomic E-state index is -0.178. The number of morpholine rings is 1. The highest BCUT2D eigenvalue weighted by molar-refractivity contribution is 6.33. The van der Waals surface area contributed by atoms with Crippen LogP contribution in [0.3, 0.4) is 0 Å². The van der Waals surface area contributed by atoms with Crippen LogP contribution in [0.5, 0.6) is 0 Å².